The molecule has 1 aliphatic heterocycles. The molecule has 0 saturated carbocycles. The van der Waals surface area contributed by atoms with E-state index in [4.69, 9.17) is 4.74 Å². The number of hydrogen-bond acceptors (Lipinski definition) is 3. The molecule has 0 spiro atoms. The third kappa shape index (κ3) is 2.93. The van der Waals surface area contributed by atoms with E-state index in [-0.39, 0.29) is 18.9 Å². The predicted molar refractivity (Wildman–Crippen MR) is 62.9 cm³/mol. The SMILES string of the molecule is COCC1=NN(c2ccc(C(F)(F)F)cc2)C(=O)C1. The smallest absolute Gasteiger partial charge is 0.379 e. The molecule has 1 aliphatic rings. The number of alkyl halides is 3. The fourth-order valence-electron chi connectivity index (χ4n) is 1.72. The first-order chi connectivity index (χ1) is 8.91. The fourth-order valence-corrected chi connectivity index (χ4v) is 1.72. The van der Waals surface area contributed by atoms with Gasteiger partial charge in [0.05, 0.1) is 30.0 Å². The summed E-state index contributed by atoms with van der Waals surface area (Å²) in [5, 5.41) is 5.11. The van der Waals surface area contributed by atoms with Crippen LogP contribution in [0.5, 0.6) is 0 Å². The van der Waals surface area contributed by atoms with Crippen LogP contribution in [0.15, 0.2) is 29.4 Å². The number of anilines is 1. The molecule has 4 nitrogen and oxygen atoms in total. The second-order valence-electron chi connectivity index (χ2n) is 4.03. The van der Waals surface area contributed by atoms with Crippen molar-refractivity contribution in [2.45, 2.75) is 12.6 Å². The summed E-state index contributed by atoms with van der Waals surface area (Å²) >= 11 is 0. The maximum atomic E-state index is 12.4. The van der Waals surface area contributed by atoms with E-state index in [1.54, 1.807) is 0 Å². The van der Waals surface area contributed by atoms with Gasteiger partial charge in [-0.1, -0.05) is 0 Å². The standard InChI is InChI=1S/C12H11F3N2O2/c1-19-7-9-6-11(18)17(16-9)10-4-2-8(3-5-10)12(13,14)15/h2-5H,6-7H2,1H3. The Kier molecular flexibility index (Phi) is 3.57. The number of benzene rings is 1. The van der Waals surface area contributed by atoms with Gasteiger partial charge in [0, 0.05) is 7.11 Å². The first-order valence-electron chi connectivity index (χ1n) is 5.47. The average molecular weight is 272 g/mol. The lowest BCUT2D eigenvalue weighted by atomic mass is 10.2. The van der Waals surface area contributed by atoms with Gasteiger partial charge in [-0.3, -0.25) is 4.79 Å². The van der Waals surface area contributed by atoms with Crippen molar-refractivity contribution in [2.24, 2.45) is 5.10 Å². The highest BCUT2D eigenvalue weighted by atomic mass is 19.4. The summed E-state index contributed by atoms with van der Waals surface area (Å²) in [6.45, 7) is 0.225. The summed E-state index contributed by atoms with van der Waals surface area (Å²) in [5.74, 6) is -0.285. The van der Waals surface area contributed by atoms with Gasteiger partial charge in [0.15, 0.2) is 0 Å². The van der Waals surface area contributed by atoms with Crippen molar-refractivity contribution in [2.75, 3.05) is 18.7 Å². The van der Waals surface area contributed by atoms with Gasteiger partial charge in [-0.2, -0.15) is 18.3 Å². The summed E-state index contributed by atoms with van der Waals surface area (Å²) in [6, 6.07) is 4.29. The van der Waals surface area contributed by atoms with E-state index in [2.05, 4.69) is 5.10 Å². The number of hydrogen-bond donors (Lipinski definition) is 0. The molecule has 0 N–H and O–H groups in total. The minimum absolute atomic E-state index is 0.120. The number of halogens is 3. The molecule has 0 atom stereocenters. The van der Waals surface area contributed by atoms with Gasteiger partial charge in [-0.25, -0.2) is 5.01 Å². The minimum atomic E-state index is -4.39. The van der Waals surface area contributed by atoms with Crippen molar-refractivity contribution in [3.63, 3.8) is 0 Å². The Morgan fingerprint density at radius 3 is 2.47 bits per heavy atom. The van der Waals surface area contributed by atoms with Gasteiger partial charge in [-0.15, -0.1) is 0 Å². The maximum Gasteiger partial charge on any atom is 0.416 e. The van der Waals surface area contributed by atoms with Crippen molar-refractivity contribution in [3.05, 3.63) is 29.8 Å². The Balaban J connectivity index is 2.21. The van der Waals surface area contributed by atoms with E-state index in [9.17, 15) is 18.0 Å². The largest absolute Gasteiger partial charge is 0.416 e. The molecule has 0 unspecified atom stereocenters. The monoisotopic (exact) mass is 272 g/mol. The molecule has 0 bridgehead atoms. The third-order valence-corrected chi connectivity index (χ3v) is 2.58. The van der Waals surface area contributed by atoms with Gasteiger partial charge < -0.3 is 4.74 Å². The third-order valence-electron chi connectivity index (χ3n) is 2.58. The van der Waals surface area contributed by atoms with Crippen LogP contribution in [0.25, 0.3) is 0 Å². The minimum Gasteiger partial charge on any atom is -0.379 e. The van der Waals surface area contributed by atoms with Crippen LogP contribution in [0.4, 0.5) is 18.9 Å². The Hall–Kier alpha value is -1.89. The van der Waals surface area contributed by atoms with E-state index in [1.165, 1.54) is 19.2 Å². The van der Waals surface area contributed by atoms with E-state index < -0.39 is 11.7 Å². The van der Waals surface area contributed by atoms with Crippen molar-refractivity contribution < 1.29 is 22.7 Å². The van der Waals surface area contributed by atoms with E-state index in [1.807, 2.05) is 0 Å². The Morgan fingerprint density at radius 2 is 1.95 bits per heavy atom. The van der Waals surface area contributed by atoms with Crippen molar-refractivity contribution in [1.29, 1.82) is 0 Å². The van der Waals surface area contributed by atoms with Crippen LogP contribution in [0.2, 0.25) is 0 Å². The molecule has 102 valence electrons. The highest BCUT2D eigenvalue weighted by Crippen LogP contribution is 2.31. The van der Waals surface area contributed by atoms with Gasteiger partial charge >= 0.3 is 6.18 Å². The van der Waals surface area contributed by atoms with Gasteiger partial charge in [0.25, 0.3) is 5.91 Å². The molecular formula is C12H11F3N2O2. The molecule has 1 aromatic carbocycles. The van der Waals surface area contributed by atoms with Crippen LogP contribution in [-0.2, 0) is 15.7 Å². The second-order valence-corrected chi connectivity index (χ2v) is 4.03. The molecular weight excluding hydrogens is 261 g/mol. The number of amides is 1. The number of carbonyl (C=O) groups is 1. The number of hydrazone groups is 1. The van der Waals surface area contributed by atoms with E-state index in [0.29, 0.717) is 11.4 Å². The molecule has 1 amide bonds. The Bertz CT molecular complexity index is 509. The van der Waals surface area contributed by atoms with Crippen LogP contribution in [0.3, 0.4) is 0 Å². The van der Waals surface area contributed by atoms with E-state index >= 15 is 0 Å². The van der Waals surface area contributed by atoms with Crippen molar-refractivity contribution in [1.82, 2.24) is 0 Å². The normalized spacial score (nSPS) is 15.9. The number of nitrogens with zero attached hydrogens (tertiary/aromatic N) is 2. The van der Waals surface area contributed by atoms with Gasteiger partial charge in [0.1, 0.15) is 0 Å². The summed E-state index contributed by atoms with van der Waals surface area (Å²) in [5.41, 5.74) is 0.0977. The molecule has 0 radical (unpaired) electrons. The first-order valence-corrected chi connectivity index (χ1v) is 5.47. The van der Waals surface area contributed by atoms with Crippen molar-refractivity contribution in [3.8, 4) is 0 Å². The van der Waals surface area contributed by atoms with Crippen LogP contribution in [0, 0.1) is 0 Å². The van der Waals surface area contributed by atoms with Crippen molar-refractivity contribution >= 4 is 17.3 Å². The molecule has 0 saturated heterocycles. The molecule has 2 rings (SSSR count). The quantitative estimate of drug-likeness (QED) is 0.848. The van der Waals surface area contributed by atoms with Crippen LogP contribution in [-0.4, -0.2) is 25.3 Å². The average Bonchev–Trinajstić information content (AvgIpc) is 2.70. The predicted octanol–water partition coefficient (Wildman–Crippen LogP) is 2.44. The lowest BCUT2D eigenvalue weighted by Crippen LogP contribution is -2.19. The lowest BCUT2D eigenvalue weighted by molar-refractivity contribution is -0.137. The lowest BCUT2D eigenvalue weighted by Gasteiger charge is -2.13. The summed E-state index contributed by atoms with van der Waals surface area (Å²) < 4.78 is 42.1. The van der Waals surface area contributed by atoms with E-state index in [0.717, 1.165) is 17.1 Å². The Labute approximate surface area is 107 Å². The van der Waals surface area contributed by atoms with Gasteiger partial charge in [-0.05, 0) is 24.3 Å². The Morgan fingerprint density at radius 1 is 1.32 bits per heavy atom. The maximum absolute atomic E-state index is 12.4. The molecule has 0 fully saturated rings. The zero-order valence-electron chi connectivity index (χ0n) is 10.1. The second kappa shape index (κ2) is 5.00. The van der Waals surface area contributed by atoms with Crippen LogP contribution in [0.1, 0.15) is 12.0 Å². The number of ether oxygens (including phenoxy) is 1. The van der Waals surface area contributed by atoms with Crippen LogP contribution >= 0.6 is 0 Å². The number of methoxy groups -OCH3 is 1. The highest BCUT2D eigenvalue weighted by Gasteiger charge is 2.31. The zero-order valence-corrected chi connectivity index (χ0v) is 10.1. The number of carbonyl (C=O) groups excluding carboxylic acids is 1. The molecule has 1 aromatic rings. The highest BCUT2D eigenvalue weighted by molar-refractivity contribution is 6.13. The molecule has 19 heavy (non-hydrogen) atoms. The zero-order chi connectivity index (χ0) is 14.0. The topological polar surface area (TPSA) is 41.9 Å². The first kappa shape index (κ1) is 13.5. The summed E-state index contributed by atoms with van der Waals surface area (Å²) in [6.07, 6.45) is -4.27. The molecule has 0 aromatic heterocycles. The van der Waals surface area contributed by atoms with Crippen LogP contribution < -0.4 is 5.01 Å². The molecule has 0 aliphatic carbocycles. The summed E-state index contributed by atoms with van der Waals surface area (Å²) in [4.78, 5) is 11.7. The number of rotatable bonds is 3. The molecule has 7 heteroatoms. The summed E-state index contributed by atoms with van der Waals surface area (Å²) in [7, 11) is 1.48. The fraction of sp³-hybridized carbons (Fsp3) is 0.333. The molecule has 1 heterocycles. The van der Waals surface area contributed by atoms with Gasteiger partial charge in [0.2, 0.25) is 0 Å².